The summed E-state index contributed by atoms with van der Waals surface area (Å²) in [6.45, 7) is 1.74. The molecule has 7 heteroatoms. The van der Waals surface area contributed by atoms with Crippen LogP contribution in [0.4, 0.5) is 5.95 Å². The first kappa shape index (κ1) is 13.1. The van der Waals surface area contributed by atoms with E-state index in [1.807, 2.05) is 0 Å². The van der Waals surface area contributed by atoms with Gasteiger partial charge in [-0.3, -0.25) is 0 Å². The van der Waals surface area contributed by atoms with Crippen LogP contribution in [-0.4, -0.2) is 24.1 Å². The van der Waals surface area contributed by atoms with E-state index in [0.29, 0.717) is 6.42 Å². The van der Waals surface area contributed by atoms with Gasteiger partial charge >= 0.3 is 0 Å². The van der Waals surface area contributed by atoms with E-state index in [4.69, 9.17) is 5.26 Å². The predicted octanol–water partition coefficient (Wildman–Crippen LogP) is 1.08. The molecule has 0 saturated heterocycles. The molecule has 0 aromatic carbocycles. The minimum Gasteiger partial charge on any atom is -0.329 e. The van der Waals surface area contributed by atoms with Crippen molar-refractivity contribution < 1.29 is 8.42 Å². The van der Waals surface area contributed by atoms with Crippen LogP contribution in [0, 0.1) is 11.3 Å². The first-order chi connectivity index (χ1) is 8.10. The van der Waals surface area contributed by atoms with Crippen molar-refractivity contribution in [3.8, 4) is 6.07 Å². The van der Waals surface area contributed by atoms with Crippen LogP contribution in [-0.2, 0) is 9.84 Å². The molecule has 1 aromatic rings. The summed E-state index contributed by atoms with van der Waals surface area (Å²) in [6, 6.07) is 3.29. The predicted molar refractivity (Wildman–Crippen MR) is 63.4 cm³/mol. The monoisotopic (exact) mass is 252 g/mol. The van der Waals surface area contributed by atoms with Crippen molar-refractivity contribution in [3.05, 3.63) is 29.6 Å². The second-order valence-corrected chi connectivity index (χ2v) is 5.23. The number of aromatic nitrogens is 2. The molecule has 0 amide bonds. The van der Waals surface area contributed by atoms with Gasteiger partial charge in [-0.2, -0.15) is 5.26 Å². The molecule has 0 atom stereocenters. The summed E-state index contributed by atoms with van der Waals surface area (Å²) in [4.78, 5) is 7.37. The molecule has 0 bridgehead atoms. The molecule has 0 radical (unpaired) electrons. The highest BCUT2D eigenvalue weighted by Gasteiger charge is 2.16. The molecular formula is C10H12N4O2S. The van der Waals surface area contributed by atoms with Crippen molar-refractivity contribution in [2.45, 2.75) is 13.3 Å². The smallest absolute Gasteiger partial charge is 0.226 e. The van der Waals surface area contributed by atoms with Gasteiger partial charge in [0.05, 0.1) is 5.75 Å². The summed E-state index contributed by atoms with van der Waals surface area (Å²) in [5, 5.41) is 11.4. The molecule has 0 unspecified atom stereocenters. The standard InChI is InChI=1S/C10H12N4O2S/c1-2-6-17(15,16)9(7-11)8-14-10-12-4-3-5-13-10/h3-5,8H,2,6H2,1H3,(H,12,13,14). The first-order valence-corrected chi connectivity index (χ1v) is 6.62. The number of rotatable bonds is 5. The van der Waals surface area contributed by atoms with Crippen molar-refractivity contribution in [1.29, 1.82) is 5.26 Å². The molecule has 1 heterocycles. The topological polar surface area (TPSA) is 95.7 Å². The Hall–Kier alpha value is -1.94. The van der Waals surface area contributed by atoms with E-state index < -0.39 is 9.84 Å². The summed E-state index contributed by atoms with van der Waals surface area (Å²) < 4.78 is 23.2. The Kier molecular flexibility index (Phi) is 4.60. The quantitative estimate of drug-likeness (QED) is 0.788. The van der Waals surface area contributed by atoms with Crippen LogP contribution in [0.3, 0.4) is 0 Å². The van der Waals surface area contributed by atoms with Gasteiger partial charge in [0.2, 0.25) is 5.95 Å². The van der Waals surface area contributed by atoms with Crippen molar-refractivity contribution in [3.63, 3.8) is 0 Å². The summed E-state index contributed by atoms with van der Waals surface area (Å²) in [5.41, 5.74) is 0. The Labute approximate surface area is 99.9 Å². The number of sulfone groups is 1. The number of anilines is 1. The lowest BCUT2D eigenvalue weighted by Gasteiger charge is -2.01. The maximum atomic E-state index is 11.6. The van der Waals surface area contributed by atoms with Gasteiger partial charge in [0, 0.05) is 18.6 Å². The third-order valence-corrected chi connectivity index (χ3v) is 3.64. The van der Waals surface area contributed by atoms with Crippen molar-refractivity contribution in [2.24, 2.45) is 0 Å². The highest BCUT2D eigenvalue weighted by atomic mass is 32.2. The van der Waals surface area contributed by atoms with E-state index in [1.165, 1.54) is 12.4 Å². The summed E-state index contributed by atoms with van der Waals surface area (Å²) >= 11 is 0. The maximum absolute atomic E-state index is 11.6. The molecule has 17 heavy (non-hydrogen) atoms. The summed E-state index contributed by atoms with van der Waals surface area (Å²) in [7, 11) is -3.51. The molecule has 1 rings (SSSR count). The van der Waals surface area contributed by atoms with Crippen LogP contribution in [0.25, 0.3) is 0 Å². The third kappa shape index (κ3) is 3.85. The minimum atomic E-state index is -3.51. The second-order valence-electron chi connectivity index (χ2n) is 3.16. The molecule has 0 spiro atoms. The Morgan fingerprint density at radius 2 is 2.18 bits per heavy atom. The highest BCUT2D eigenvalue weighted by Crippen LogP contribution is 2.08. The zero-order chi connectivity index (χ0) is 12.7. The molecule has 0 aliphatic rings. The van der Waals surface area contributed by atoms with Crippen LogP contribution in [0.5, 0.6) is 0 Å². The van der Waals surface area contributed by atoms with Crippen molar-refractivity contribution >= 4 is 15.8 Å². The lowest BCUT2D eigenvalue weighted by molar-refractivity contribution is 0.601. The van der Waals surface area contributed by atoms with Gasteiger partial charge in [-0.25, -0.2) is 18.4 Å². The van der Waals surface area contributed by atoms with E-state index in [-0.39, 0.29) is 16.6 Å². The number of hydrogen-bond donors (Lipinski definition) is 1. The molecule has 0 aliphatic heterocycles. The van der Waals surface area contributed by atoms with Gasteiger partial charge in [-0.15, -0.1) is 0 Å². The van der Waals surface area contributed by atoms with E-state index >= 15 is 0 Å². The molecular weight excluding hydrogens is 240 g/mol. The lowest BCUT2D eigenvalue weighted by atomic mass is 10.6. The number of nitriles is 1. The maximum Gasteiger partial charge on any atom is 0.226 e. The van der Waals surface area contributed by atoms with Crippen LogP contribution in [0.15, 0.2) is 29.6 Å². The van der Waals surface area contributed by atoms with Crippen molar-refractivity contribution in [2.75, 3.05) is 11.1 Å². The number of allylic oxidation sites excluding steroid dienone is 1. The van der Waals surface area contributed by atoms with E-state index in [0.717, 1.165) is 6.20 Å². The van der Waals surface area contributed by atoms with E-state index in [2.05, 4.69) is 15.3 Å². The Balaban J connectivity index is 2.87. The molecule has 1 aromatic heterocycles. The largest absolute Gasteiger partial charge is 0.329 e. The fraction of sp³-hybridized carbons (Fsp3) is 0.300. The third-order valence-electron chi connectivity index (χ3n) is 1.82. The Morgan fingerprint density at radius 1 is 1.53 bits per heavy atom. The van der Waals surface area contributed by atoms with Crippen LogP contribution in [0.2, 0.25) is 0 Å². The van der Waals surface area contributed by atoms with Crippen LogP contribution < -0.4 is 5.32 Å². The molecule has 1 N–H and O–H groups in total. The normalized spacial score (nSPS) is 11.9. The van der Waals surface area contributed by atoms with Crippen molar-refractivity contribution in [1.82, 2.24) is 9.97 Å². The first-order valence-electron chi connectivity index (χ1n) is 4.96. The van der Waals surface area contributed by atoms with E-state index in [1.54, 1.807) is 19.1 Å². The van der Waals surface area contributed by atoms with Gasteiger partial charge in [-0.05, 0) is 12.5 Å². The number of nitrogens with zero attached hydrogens (tertiary/aromatic N) is 3. The van der Waals surface area contributed by atoms with Crippen LogP contribution in [0.1, 0.15) is 13.3 Å². The summed E-state index contributed by atoms with van der Waals surface area (Å²) in [5.74, 6) is 0.191. The molecule has 0 fully saturated rings. The molecule has 0 aliphatic carbocycles. The van der Waals surface area contributed by atoms with Gasteiger partial charge in [0.25, 0.3) is 0 Å². The van der Waals surface area contributed by atoms with Gasteiger partial charge in [-0.1, -0.05) is 6.92 Å². The van der Waals surface area contributed by atoms with E-state index in [9.17, 15) is 8.42 Å². The fourth-order valence-corrected chi connectivity index (χ4v) is 2.21. The average molecular weight is 252 g/mol. The number of hydrogen-bond acceptors (Lipinski definition) is 6. The highest BCUT2D eigenvalue weighted by molar-refractivity contribution is 7.95. The van der Waals surface area contributed by atoms with Gasteiger partial charge < -0.3 is 5.32 Å². The lowest BCUT2D eigenvalue weighted by Crippen LogP contribution is -2.09. The Bertz CT molecular complexity index is 531. The molecule has 0 saturated carbocycles. The fourth-order valence-electron chi connectivity index (χ4n) is 1.07. The molecule has 6 nitrogen and oxygen atoms in total. The minimum absolute atomic E-state index is 0.0519. The zero-order valence-electron chi connectivity index (χ0n) is 9.29. The van der Waals surface area contributed by atoms with Gasteiger partial charge in [0.15, 0.2) is 14.7 Å². The van der Waals surface area contributed by atoms with Crippen LogP contribution >= 0.6 is 0 Å². The molecule has 90 valence electrons. The number of nitrogens with one attached hydrogen (secondary N) is 1. The SMILES string of the molecule is CCCS(=O)(=O)C(C#N)=CNc1ncccn1. The zero-order valence-corrected chi connectivity index (χ0v) is 10.1. The Morgan fingerprint density at radius 3 is 2.71 bits per heavy atom. The summed E-state index contributed by atoms with van der Waals surface area (Å²) in [6.07, 6.45) is 4.59. The van der Waals surface area contributed by atoms with Gasteiger partial charge in [0.1, 0.15) is 6.07 Å². The average Bonchev–Trinajstić information content (AvgIpc) is 2.30. The second kappa shape index (κ2) is 5.96.